The summed E-state index contributed by atoms with van der Waals surface area (Å²) in [6.07, 6.45) is 6.47. The number of nitrogens with two attached hydrogens (primary N) is 1. The van der Waals surface area contributed by atoms with E-state index in [-0.39, 0.29) is 6.04 Å². The molecule has 0 radical (unpaired) electrons. The van der Waals surface area contributed by atoms with Crippen molar-refractivity contribution in [3.05, 3.63) is 28.2 Å². The summed E-state index contributed by atoms with van der Waals surface area (Å²) < 4.78 is 6.48. The Kier molecular flexibility index (Phi) is 5.03. The van der Waals surface area contributed by atoms with Crippen LogP contribution in [0.3, 0.4) is 0 Å². The smallest absolute Gasteiger partial charge is 0.124 e. The van der Waals surface area contributed by atoms with E-state index < -0.39 is 0 Å². The normalized spacial score (nSPS) is 17.9. The Balaban J connectivity index is 2.15. The summed E-state index contributed by atoms with van der Waals surface area (Å²) in [5.74, 6) is 7.41. The van der Waals surface area contributed by atoms with Crippen LogP contribution >= 0.6 is 15.9 Å². The second kappa shape index (κ2) is 6.55. The minimum Gasteiger partial charge on any atom is -0.496 e. The van der Waals surface area contributed by atoms with Gasteiger partial charge in [-0.25, -0.2) is 0 Å². The second-order valence-corrected chi connectivity index (χ2v) is 5.91. The number of methoxy groups -OCH3 is 1. The minimum atomic E-state index is 0.177. The fourth-order valence-corrected chi connectivity index (χ4v) is 3.18. The van der Waals surface area contributed by atoms with Crippen LogP contribution in [0.15, 0.2) is 22.7 Å². The third-order valence-corrected chi connectivity index (χ3v) is 4.31. The number of hydrazine groups is 1. The standard InChI is InChI=1S/C14H21BrN2O/c1-18-14-9-11(15)6-7-12(14)13(17-16)8-10-4-2-3-5-10/h6-7,9-10,13,17H,2-5,8,16H2,1H3. The summed E-state index contributed by atoms with van der Waals surface area (Å²) in [7, 11) is 1.70. The molecule has 0 aromatic heterocycles. The van der Waals surface area contributed by atoms with E-state index in [1.165, 1.54) is 25.7 Å². The number of hydrogen-bond acceptors (Lipinski definition) is 3. The maximum atomic E-state index is 5.73. The maximum Gasteiger partial charge on any atom is 0.124 e. The molecule has 0 saturated heterocycles. The lowest BCUT2D eigenvalue weighted by atomic mass is 9.93. The van der Waals surface area contributed by atoms with Gasteiger partial charge in [-0.2, -0.15) is 0 Å². The number of nitrogens with one attached hydrogen (secondary N) is 1. The molecule has 1 aliphatic rings. The Morgan fingerprint density at radius 3 is 2.78 bits per heavy atom. The van der Waals surface area contributed by atoms with Crippen LogP contribution in [0.1, 0.15) is 43.7 Å². The summed E-state index contributed by atoms with van der Waals surface area (Å²) in [5, 5.41) is 0. The molecule has 0 bridgehead atoms. The first-order chi connectivity index (χ1) is 8.74. The van der Waals surface area contributed by atoms with Gasteiger partial charge in [0.05, 0.1) is 7.11 Å². The van der Waals surface area contributed by atoms with E-state index in [0.717, 1.165) is 28.1 Å². The molecule has 3 N–H and O–H groups in total. The fourth-order valence-electron chi connectivity index (χ4n) is 2.84. The fraction of sp³-hybridized carbons (Fsp3) is 0.571. The zero-order valence-corrected chi connectivity index (χ0v) is 12.4. The van der Waals surface area contributed by atoms with Crippen molar-refractivity contribution >= 4 is 15.9 Å². The molecule has 18 heavy (non-hydrogen) atoms. The van der Waals surface area contributed by atoms with Gasteiger partial charge in [0.25, 0.3) is 0 Å². The summed E-state index contributed by atoms with van der Waals surface area (Å²) in [6.45, 7) is 0. The van der Waals surface area contributed by atoms with Crippen molar-refractivity contribution < 1.29 is 4.74 Å². The van der Waals surface area contributed by atoms with Crippen molar-refractivity contribution in [2.45, 2.75) is 38.1 Å². The highest BCUT2D eigenvalue weighted by molar-refractivity contribution is 9.10. The minimum absolute atomic E-state index is 0.177. The average Bonchev–Trinajstić information content (AvgIpc) is 2.89. The third kappa shape index (κ3) is 3.25. The molecule has 2 rings (SSSR count). The predicted molar refractivity (Wildman–Crippen MR) is 77.3 cm³/mol. The van der Waals surface area contributed by atoms with E-state index in [4.69, 9.17) is 10.6 Å². The van der Waals surface area contributed by atoms with E-state index in [0.29, 0.717) is 0 Å². The van der Waals surface area contributed by atoms with E-state index >= 15 is 0 Å². The molecule has 3 nitrogen and oxygen atoms in total. The Labute approximate surface area is 117 Å². The van der Waals surface area contributed by atoms with Gasteiger partial charge in [-0.1, -0.05) is 47.7 Å². The quantitative estimate of drug-likeness (QED) is 0.645. The van der Waals surface area contributed by atoms with Crippen LogP contribution in [-0.2, 0) is 0 Å². The second-order valence-electron chi connectivity index (χ2n) is 4.99. The average molecular weight is 313 g/mol. The molecule has 1 aromatic rings. The van der Waals surface area contributed by atoms with Crippen molar-refractivity contribution in [2.75, 3.05) is 7.11 Å². The van der Waals surface area contributed by atoms with Crippen LogP contribution in [0.4, 0.5) is 0 Å². The van der Waals surface area contributed by atoms with Gasteiger partial charge in [0.2, 0.25) is 0 Å². The molecular weight excluding hydrogens is 292 g/mol. The lowest BCUT2D eigenvalue weighted by Gasteiger charge is -2.22. The van der Waals surface area contributed by atoms with Crippen LogP contribution in [-0.4, -0.2) is 7.11 Å². The monoisotopic (exact) mass is 312 g/mol. The van der Waals surface area contributed by atoms with Crippen molar-refractivity contribution in [2.24, 2.45) is 11.8 Å². The Hall–Kier alpha value is -0.580. The molecule has 1 aromatic carbocycles. The van der Waals surface area contributed by atoms with Crippen LogP contribution in [0.25, 0.3) is 0 Å². The van der Waals surface area contributed by atoms with E-state index in [2.05, 4.69) is 27.4 Å². The highest BCUT2D eigenvalue weighted by atomic mass is 79.9. The lowest BCUT2D eigenvalue weighted by molar-refractivity contribution is 0.369. The zero-order chi connectivity index (χ0) is 13.0. The Morgan fingerprint density at radius 1 is 1.44 bits per heavy atom. The molecule has 1 fully saturated rings. The summed E-state index contributed by atoms with van der Waals surface area (Å²) in [6, 6.07) is 6.30. The van der Waals surface area contributed by atoms with Crippen LogP contribution < -0.4 is 16.0 Å². The molecular formula is C14H21BrN2O. The Morgan fingerprint density at radius 2 is 2.17 bits per heavy atom. The molecule has 0 spiro atoms. The van der Waals surface area contributed by atoms with Crippen molar-refractivity contribution in [3.8, 4) is 5.75 Å². The van der Waals surface area contributed by atoms with E-state index in [9.17, 15) is 0 Å². The van der Waals surface area contributed by atoms with Gasteiger partial charge in [-0.05, 0) is 24.5 Å². The lowest BCUT2D eigenvalue weighted by Crippen LogP contribution is -2.29. The number of rotatable bonds is 5. The molecule has 1 aliphatic carbocycles. The molecule has 1 saturated carbocycles. The molecule has 1 unspecified atom stereocenters. The zero-order valence-electron chi connectivity index (χ0n) is 10.8. The van der Waals surface area contributed by atoms with Gasteiger partial charge in [0.15, 0.2) is 0 Å². The first-order valence-electron chi connectivity index (χ1n) is 6.54. The van der Waals surface area contributed by atoms with Crippen molar-refractivity contribution in [1.29, 1.82) is 0 Å². The molecule has 4 heteroatoms. The van der Waals surface area contributed by atoms with E-state index in [1.54, 1.807) is 7.11 Å². The predicted octanol–water partition coefficient (Wildman–Crippen LogP) is 3.54. The third-order valence-electron chi connectivity index (χ3n) is 3.82. The first-order valence-corrected chi connectivity index (χ1v) is 7.33. The van der Waals surface area contributed by atoms with Crippen LogP contribution in [0.2, 0.25) is 0 Å². The molecule has 0 aliphatic heterocycles. The van der Waals surface area contributed by atoms with Gasteiger partial charge >= 0.3 is 0 Å². The van der Waals surface area contributed by atoms with Crippen LogP contribution in [0, 0.1) is 5.92 Å². The number of ether oxygens (including phenoxy) is 1. The van der Waals surface area contributed by atoms with Gasteiger partial charge in [0.1, 0.15) is 5.75 Å². The van der Waals surface area contributed by atoms with Crippen molar-refractivity contribution in [1.82, 2.24) is 5.43 Å². The van der Waals surface area contributed by atoms with Gasteiger partial charge in [0, 0.05) is 16.1 Å². The number of benzene rings is 1. The molecule has 0 amide bonds. The topological polar surface area (TPSA) is 47.3 Å². The number of hydrogen-bond donors (Lipinski definition) is 2. The Bertz CT molecular complexity index is 391. The highest BCUT2D eigenvalue weighted by Crippen LogP contribution is 2.36. The van der Waals surface area contributed by atoms with Crippen LogP contribution in [0.5, 0.6) is 5.75 Å². The first kappa shape index (κ1) is 13.8. The van der Waals surface area contributed by atoms with E-state index in [1.807, 2.05) is 12.1 Å². The van der Waals surface area contributed by atoms with Gasteiger partial charge < -0.3 is 4.74 Å². The largest absolute Gasteiger partial charge is 0.496 e. The number of halogens is 1. The summed E-state index contributed by atoms with van der Waals surface area (Å²) in [4.78, 5) is 0. The summed E-state index contributed by atoms with van der Waals surface area (Å²) in [5.41, 5.74) is 4.09. The summed E-state index contributed by atoms with van der Waals surface area (Å²) >= 11 is 3.46. The maximum absolute atomic E-state index is 5.73. The SMILES string of the molecule is COc1cc(Br)ccc1C(CC1CCCC1)NN. The van der Waals surface area contributed by atoms with Gasteiger partial charge in [-0.3, -0.25) is 11.3 Å². The van der Waals surface area contributed by atoms with Gasteiger partial charge in [-0.15, -0.1) is 0 Å². The highest BCUT2D eigenvalue weighted by Gasteiger charge is 2.22. The molecule has 0 heterocycles. The molecule has 100 valence electrons. The molecule has 1 atom stereocenters. The van der Waals surface area contributed by atoms with Crippen molar-refractivity contribution in [3.63, 3.8) is 0 Å².